The first-order valence-electron chi connectivity index (χ1n) is 17.2. The van der Waals surface area contributed by atoms with Gasteiger partial charge >= 0.3 is 7.82 Å². The van der Waals surface area contributed by atoms with Crippen LogP contribution >= 0.6 is 7.82 Å². The summed E-state index contributed by atoms with van der Waals surface area (Å²) in [6.45, 7) is 6.10. The van der Waals surface area contributed by atoms with Crippen LogP contribution in [-0.2, 0) is 29.7 Å². The van der Waals surface area contributed by atoms with Crippen molar-refractivity contribution in [1.29, 1.82) is 0 Å². The summed E-state index contributed by atoms with van der Waals surface area (Å²) >= 11 is 0. The molecular formula is C35H63NO6P+. The summed E-state index contributed by atoms with van der Waals surface area (Å²) in [7, 11) is -0.119. The highest BCUT2D eigenvalue weighted by molar-refractivity contribution is 7.47. The van der Waals surface area contributed by atoms with Crippen LogP contribution in [0.25, 0.3) is 0 Å². The topological polar surface area (TPSA) is 74.2 Å². The SMILES string of the molecule is CCCCCCCCCCCCCCCCOC(C)C(COP(=O)(O)OC=C1CCCC[N+]1(C)C)OCc1ccccc1. The van der Waals surface area contributed by atoms with Crippen LogP contribution in [-0.4, -0.2) is 55.4 Å². The van der Waals surface area contributed by atoms with Gasteiger partial charge in [0.2, 0.25) is 0 Å². The summed E-state index contributed by atoms with van der Waals surface area (Å²) in [5.74, 6) is 0. The van der Waals surface area contributed by atoms with Crippen molar-refractivity contribution in [2.45, 2.75) is 142 Å². The largest absolute Gasteiger partial charge is 0.527 e. The van der Waals surface area contributed by atoms with Gasteiger partial charge in [-0.25, -0.2) is 4.57 Å². The average molecular weight is 625 g/mol. The number of benzene rings is 1. The summed E-state index contributed by atoms with van der Waals surface area (Å²) in [5.41, 5.74) is 2.02. The number of phosphoric ester groups is 1. The third-order valence-electron chi connectivity index (χ3n) is 8.61. The molecule has 1 aliphatic rings. The average Bonchev–Trinajstić information content (AvgIpc) is 2.98. The molecule has 2 rings (SSSR count). The molecule has 0 bridgehead atoms. The van der Waals surface area contributed by atoms with E-state index >= 15 is 0 Å². The van der Waals surface area contributed by atoms with E-state index in [1.807, 2.05) is 37.3 Å². The molecule has 0 spiro atoms. The number of unbranched alkanes of at least 4 members (excludes halogenated alkanes) is 13. The second-order valence-electron chi connectivity index (χ2n) is 12.9. The molecule has 1 aliphatic heterocycles. The van der Waals surface area contributed by atoms with Crippen LogP contribution in [0.1, 0.15) is 129 Å². The zero-order valence-corrected chi connectivity index (χ0v) is 28.7. The molecule has 3 atom stereocenters. The van der Waals surface area contributed by atoms with Gasteiger partial charge in [0.25, 0.3) is 0 Å². The predicted octanol–water partition coefficient (Wildman–Crippen LogP) is 9.69. The van der Waals surface area contributed by atoms with Gasteiger partial charge in [0.15, 0.2) is 6.26 Å². The Balaban J connectivity index is 1.68. The van der Waals surface area contributed by atoms with Crippen molar-refractivity contribution in [3.05, 3.63) is 47.9 Å². The molecule has 1 N–H and O–H groups in total. The zero-order chi connectivity index (χ0) is 31.2. The van der Waals surface area contributed by atoms with Crippen molar-refractivity contribution >= 4 is 7.82 Å². The molecule has 248 valence electrons. The van der Waals surface area contributed by atoms with Crippen molar-refractivity contribution in [1.82, 2.24) is 0 Å². The number of rotatable bonds is 25. The number of likely N-dealkylation sites (tertiary alicyclic amines) is 1. The Kier molecular flexibility index (Phi) is 19.7. The van der Waals surface area contributed by atoms with Gasteiger partial charge in [-0.2, -0.15) is 0 Å². The van der Waals surface area contributed by atoms with E-state index in [0.29, 0.717) is 17.7 Å². The van der Waals surface area contributed by atoms with Gasteiger partial charge in [0.1, 0.15) is 11.8 Å². The molecule has 8 heteroatoms. The fourth-order valence-electron chi connectivity index (χ4n) is 5.56. The normalized spacial score (nSPS) is 18.8. The zero-order valence-electron chi connectivity index (χ0n) is 27.9. The molecule has 0 radical (unpaired) electrons. The van der Waals surface area contributed by atoms with Crippen LogP contribution in [0.3, 0.4) is 0 Å². The number of allylic oxidation sites excluding steroid dienone is 1. The molecule has 0 aliphatic carbocycles. The summed E-state index contributed by atoms with van der Waals surface area (Å²) in [6.07, 6.45) is 22.1. The van der Waals surface area contributed by atoms with Gasteiger partial charge in [-0.1, -0.05) is 121 Å². The Hall–Kier alpha value is -1.21. The van der Waals surface area contributed by atoms with Crippen LogP contribution in [0, 0.1) is 0 Å². The molecule has 0 amide bonds. The Morgan fingerprint density at radius 1 is 0.860 bits per heavy atom. The Bertz CT molecular complexity index is 909. The number of hydrogen-bond donors (Lipinski definition) is 1. The van der Waals surface area contributed by atoms with E-state index in [1.54, 1.807) is 0 Å². The lowest BCUT2D eigenvalue weighted by molar-refractivity contribution is -0.858. The highest BCUT2D eigenvalue weighted by Gasteiger charge is 2.31. The minimum Gasteiger partial charge on any atom is -0.406 e. The molecular weight excluding hydrogens is 561 g/mol. The fourth-order valence-corrected chi connectivity index (χ4v) is 6.21. The molecule has 1 saturated heterocycles. The molecule has 43 heavy (non-hydrogen) atoms. The number of quaternary nitrogens is 1. The minimum absolute atomic E-state index is 0.0953. The van der Waals surface area contributed by atoms with Gasteiger partial charge in [-0.05, 0) is 31.7 Å². The van der Waals surface area contributed by atoms with E-state index in [9.17, 15) is 9.46 Å². The number of piperidine rings is 1. The first-order valence-corrected chi connectivity index (χ1v) is 18.7. The molecule has 7 nitrogen and oxygen atoms in total. The molecule has 0 saturated carbocycles. The quantitative estimate of drug-likeness (QED) is 0.0505. The maximum absolute atomic E-state index is 12.7. The van der Waals surface area contributed by atoms with E-state index in [4.69, 9.17) is 18.5 Å². The predicted molar refractivity (Wildman–Crippen MR) is 177 cm³/mol. The maximum Gasteiger partial charge on any atom is 0.527 e. The molecule has 3 unspecified atom stereocenters. The smallest absolute Gasteiger partial charge is 0.406 e. The van der Waals surface area contributed by atoms with E-state index in [-0.39, 0.29) is 12.7 Å². The minimum atomic E-state index is -4.29. The van der Waals surface area contributed by atoms with E-state index in [0.717, 1.165) is 49.9 Å². The van der Waals surface area contributed by atoms with Gasteiger partial charge in [-0.15, -0.1) is 0 Å². The molecule has 1 aromatic carbocycles. The lowest BCUT2D eigenvalue weighted by Gasteiger charge is -2.35. The third kappa shape index (κ3) is 17.8. The number of hydrogen-bond acceptors (Lipinski definition) is 5. The first kappa shape index (κ1) is 38.0. The number of phosphoric acid groups is 1. The lowest BCUT2D eigenvalue weighted by atomic mass is 10.0. The highest BCUT2D eigenvalue weighted by Crippen LogP contribution is 2.45. The maximum atomic E-state index is 12.7. The van der Waals surface area contributed by atoms with Crippen molar-refractivity contribution in [3.8, 4) is 0 Å². The van der Waals surface area contributed by atoms with Crippen LogP contribution in [0.5, 0.6) is 0 Å². The van der Waals surface area contributed by atoms with Crippen molar-refractivity contribution < 1.29 is 32.5 Å². The van der Waals surface area contributed by atoms with Crippen molar-refractivity contribution in [2.24, 2.45) is 0 Å². The van der Waals surface area contributed by atoms with Crippen LogP contribution in [0.2, 0.25) is 0 Å². The summed E-state index contributed by atoms with van der Waals surface area (Å²) < 4.78 is 36.4. The van der Waals surface area contributed by atoms with Crippen LogP contribution in [0.15, 0.2) is 42.3 Å². The van der Waals surface area contributed by atoms with Gasteiger partial charge in [0.05, 0.1) is 40.0 Å². The van der Waals surface area contributed by atoms with Crippen LogP contribution < -0.4 is 0 Å². The van der Waals surface area contributed by atoms with Gasteiger partial charge < -0.3 is 14.0 Å². The van der Waals surface area contributed by atoms with Crippen molar-refractivity contribution in [3.63, 3.8) is 0 Å². The molecule has 1 fully saturated rings. The second-order valence-corrected chi connectivity index (χ2v) is 14.3. The Morgan fingerprint density at radius 2 is 1.44 bits per heavy atom. The highest BCUT2D eigenvalue weighted by atomic mass is 31.2. The summed E-state index contributed by atoms with van der Waals surface area (Å²) in [4.78, 5) is 10.4. The molecule has 1 heterocycles. The van der Waals surface area contributed by atoms with E-state index in [1.165, 1.54) is 83.3 Å². The van der Waals surface area contributed by atoms with Gasteiger partial charge in [-0.3, -0.25) is 13.9 Å². The van der Waals surface area contributed by atoms with Crippen LogP contribution in [0.4, 0.5) is 0 Å². The Morgan fingerprint density at radius 3 is 2.02 bits per heavy atom. The van der Waals surface area contributed by atoms with Gasteiger partial charge in [0, 0.05) is 13.0 Å². The van der Waals surface area contributed by atoms with Crippen molar-refractivity contribution in [2.75, 3.05) is 33.9 Å². The fraction of sp³-hybridized carbons (Fsp3) is 0.771. The second kappa shape index (κ2) is 22.3. The molecule has 1 aromatic rings. The van der Waals surface area contributed by atoms with E-state index < -0.39 is 13.9 Å². The summed E-state index contributed by atoms with van der Waals surface area (Å²) in [5, 5.41) is 0. The monoisotopic (exact) mass is 624 g/mol. The number of ether oxygens (including phenoxy) is 2. The standard InChI is InChI=1S/C35H62NO6P/c1-5-6-7-8-9-10-11-12-13-14-15-16-17-23-28-39-32(2)35(40-29-33-24-19-18-20-25-33)31-42-43(37,38)41-30-34-26-21-22-27-36(34,3)4/h18-20,24-25,30,32,35H,5-17,21-23,26-29,31H2,1-4H3/p+1. The lowest BCUT2D eigenvalue weighted by Crippen LogP contribution is -2.42. The number of nitrogens with zero attached hydrogens (tertiary/aromatic N) is 1. The molecule has 0 aromatic heterocycles. The summed E-state index contributed by atoms with van der Waals surface area (Å²) in [6, 6.07) is 9.89. The van der Waals surface area contributed by atoms with E-state index in [2.05, 4.69) is 21.0 Å². The Labute approximate surface area is 263 Å². The first-order chi connectivity index (χ1) is 20.7. The third-order valence-corrected chi connectivity index (χ3v) is 9.46.